The Morgan fingerprint density at radius 1 is 1.15 bits per heavy atom. The molecule has 0 atom stereocenters. The van der Waals surface area contributed by atoms with Crippen molar-refractivity contribution in [1.82, 2.24) is 4.90 Å². The summed E-state index contributed by atoms with van der Waals surface area (Å²) in [4.78, 5) is 2.55. The zero-order valence-electron chi connectivity index (χ0n) is 11.8. The molecule has 0 radical (unpaired) electrons. The maximum atomic E-state index is 5.66. The molecule has 3 rings (SSSR count). The first kappa shape index (κ1) is 13.4. The topological polar surface area (TPSA) is 42.4 Å². The highest BCUT2D eigenvalue weighted by atomic mass is 16.3. The molecule has 0 saturated heterocycles. The molecule has 0 spiro atoms. The average molecular weight is 270 g/mol. The molecule has 1 aromatic heterocycles. The summed E-state index contributed by atoms with van der Waals surface area (Å²) in [6.07, 6.45) is 5.14. The molecule has 0 unspecified atom stereocenters. The van der Waals surface area contributed by atoms with Crippen LogP contribution in [-0.4, -0.2) is 18.0 Å². The van der Waals surface area contributed by atoms with Crippen molar-refractivity contribution >= 4 is 0 Å². The van der Waals surface area contributed by atoms with Crippen LogP contribution in [0.4, 0.5) is 0 Å². The van der Waals surface area contributed by atoms with Gasteiger partial charge in [-0.2, -0.15) is 0 Å². The van der Waals surface area contributed by atoms with E-state index in [2.05, 4.69) is 29.2 Å². The number of hydrogen-bond acceptors (Lipinski definition) is 3. The summed E-state index contributed by atoms with van der Waals surface area (Å²) in [5.74, 6) is 0.939. The van der Waals surface area contributed by atoms with Crippen molar-refractivity contribution in [2.24, 2.45) is 5.73 Å². The van der Waals surface area contributed by atoms with Gasteiger partial charge in [0.1, 0.15) is 5.76 Å². The lowest BCUT2D eigenvalue weighted by molar-refractivity contribution is 0.251. The van der Waals surface area contributed by atoms with E-state index in [1.165, 1.54) is 29.7 Å². The first-order valence-corrected chi connectivity index (χ1v) is 7.41. The summed E-state index contributed by atoms with van der Waals surface area (Å²) in [5, 5.41) is 0. The van der Waals surface area contributed by atoms with Crippen molar-refractivity contribution < 1.29 is 4.42 Å². The van der Waals surface area contributed by atoms with Crippen LogP contribution in [0.3, 0.4) is 0 Å². The predicted octanol–water partition coefficient (Wildman–Crippen LogP) is 2.73. The minimum absolute atomic E-state index is 0.499. The molecule has 2 heterocycles. The molecular weight excluding hydrogens is 248 g/mol. The van der Waals surface area contributed by atoms with Crippen molar-refractivity contribution in [3.8, 4) is 0 Å². The summed E-state index contributed by atoms with van der Waals surface area (Å²) < 4.78 is 5.36. The molecule has 1 aromatic carbocycles. The number of nitrogens with two attached hydrogens (primary N) is 1. The van der Waals surface area contributed by atoms with E-state index >= 15 is 0 Å². The standard InChI is InChI=1S/C17H22N2O/c18-12-17-15(8-11-20-17)6-3-9-19-10-7-14-4-1-2-5-16(14)13-19/h1-2,4-5,8,11H,3,6-7,9-10,12-13,18H2. The highest BCUT2D eigenvalue weighted by Crippen LogP contribution is 2.19. The highest BCUT2D eigenvalue weighted by Gasteiger charge is 2.15. The fourth-order valence-corrected chi connectivity index (χ4v) is 3.01. The van der Waals surface area contributed by atoms with Crippen LogP contribution in [0, 0.1) is 0 Å². The van der Waals surface area contributed by atoms with Crippen LogP contribution in [-0.2, 0) is 25.9 Å². The molecular formula is C17H22N2O. The number of fused-ring (bicyclic) bond motifs is 1. The number of nitrogens with zero attached hydrogens (tertiary/aromatic N) is 1. The summed E-state index contributed by atoms with van der Waals surface area (Å²) in [6.45, 7) is 3.90. The van der Waals surface area contributed by atoms with Gasteiger partial charge in [0.25, 0.3) is 0 Å². The van der Waals surface area contributed by atoms with Crippen LogP contribution >= 0.6 is 0 Å². The van der Waals surface area contributed by atoms with Gasteiger partial charge in [0, 0.05) is 13.1 Å². The molecule has 3 heteroatoms. The Bertz CT molecular complexity index is 562. The van der Waals surface area contributed by atoms with E-state index in [1.807, 2.05) is 6.07 Å². The van der Waals surface area contributed by atoms with Gasteiger partial charge in [-0.15, -0.1) is 0 Å². The third kappa shape index (κ3) is 2.94. The van der Waals surface area contributed by atoms with Crippen molar-refractivity contribution in [1.29, 1.82) is 0 Å². The van der Waals surface area contributed by atoms with Gasteiger partial charge in [-0.1, -0.05) is 24.3 Å². The van der Waals surface area contributed by atoms with Crippen LogP contribution in [0.15, 0.2) is 41.0 Å². The maximum absolute atomic E-state index is 5.66. The number of furan rings is 1. The molecule has 1 aliphatic heterocycles. The number of rotatable bonds is 5. The van der Waals surface area contributed by atoms with Crippen LogP contribution in [0.2, 0.25) is 0 Å². The van der Waals surface area contributed by atoms with Crippen LogP contribution in [0.25, 0.3) is 0 Å². The zero-order chi connectivity index (χ0) is 13.8. The maximum Gasteiger partial charge on any atom is 0.120 e. The van der Waals surface area contributed by atoms with Gasteiger partial charge in [-0.3, -0.25) is 4.90 Å². The lowest BCUT2D eigenvalue weighted by atomic mass is 9.99. The summed E-state index contributed by atoms with van der Waals surface area (Å²) >= 11 is 0. The third-order valence-electron chi connectivity index (χ3n) is 4.15. The van der Waals surface area contributed by atoms with E-state index in [1.54, 1.807) is 6.26 Å². The normalized spacial score (nSPS) is 15.2. The molecule has 0 amide bonds. The second kappa shape index (κ2) is 6.25. The van der Waals surface area contributed by atoms with Gasteiger partial charge < -0.3 is 10.2 Å². The molecule has 20 heavy (non-hydrogen) atoms. The summed E-state index contributed by atoms with van der Waals surface area (Å²) in [5.41, 5.74) is 9.94. The SMILES string of the molecule is NCc1occc1CCCN1CCc2ccccc2C1. The minimum Gasteiger partial charge on any atom is -0.468 e. The molecule has 2 N–H and O–H groups in total. The lowest BCUT2D eigenvalue weighted by Crippen LogP contribution is -2.31. The van der Waals surface area contributed by atoms with Gasteiger partial charge >= 0.3 is 0 Å². The summed E-state index contributed by atoms with van der Waals surface area (Å²) in [7, 11) is 0. The smallest absolute Gasteiger partial charge is 0.120 e. The van der Waals surface area contributed by atoms with E-state index in [9.17, 15) is 0 Å². The Labute approximate surface area is 120 Å². The van der Waals surface area contributed by atoms with E-state index in [0.29, 0.717) is 6.54 Å². The Kier molecular flexibility index (Phi) is 4.19. The fourth-order valence-electron chi connectivity index (χ4n) is 3.01. The zero-order valence-corrected chi connectivity index (χ0v) is 11.8. The Hall–Kier alpha value is -1.58. The number of hydrogen-bond donors (Lipinski definition) is 1. The quantitative estimate of drug-likeness (QED) is 0.908. The molecule has 106 valence electrons. The first-order valence-electron chi connectivity index (χ1n) is 7.41. The molecule has 0 aliphatic carbocycles. The van der Waals surface area contributed by atoms with E-state index in [0.717, 1.165) is 31.7 Å². The van der Waals surface area contributed by atoms with Crippen molar-refractivity contribution in [3.63, 3.8) is 0 Å². The molecule has 0 saturated carbocycles. The third-order valence-corrected chi connectivity index (χ3v) is 4.15. The Morgan fingerprint density at radius 2 is 2.00 bits per heavy atom. The van der Waals surface area contributed by atoms with Crippen LogP contribution in [0.1, 0.15) is 28.9 Å². The minimum atomic E-state index is 0.499. The second-order valence-electron chi connectivity index (χ2n) is 5.47. The molecule has 3 nitrogen and oxygen atoms in total. The van der Waals surface area contributed by atoms with E-state index in [-0.39, 0.29) is 0 Å². The first-order chi connectivity index (χ1) is 9.86. The molecule has 0 fully saturated rings. The van der Waals surface area contributed by atoms with Crippen molar-refractivity contribution in [2.75, 3.05) is 13.1 Å². The van der Waals surface area contributed by atoms with Gasteiger partial charge in [0.15, 0.2) is 0 Å². The van der Waals surface area contributed by atoms with Crippen molar-refractivity contribution in [2.45, 2.75) is 32.4 Å². The highest BCUT2D eigenvalue weighted by molar-refractivity contribution is 5.29. The van der Waals surface area contributed by atoms with Gasteiger partial charge in [-0.25, -0.2) is 0 Å². The van der Waals surface area contributed by atoms with Crippen molar-refractivity contribution in [3.05, 3.63) is 59.0 Å². The Morgan fingerprint density at radius 3 is 2.85 bits per heavy atom. The lowest BCUT2D eigenvalue weighted by Gasteiger charge is -2.28. The molecule has 1 aliphatic rings. The van der Waals surface area contributed by atoms with Gasteiger partial charge in [0.2, 0.25) is 0 Å². The monoisotopic (exact) mass is 270 g/mol. The molecule has 2 aromatic rings. The van der Waals surface area contributed by atoms with E-state index < -0.39 is 0 Å². The largest absolute Gasteiger partial charge is 0.468 e. The van der Waals surface area contributed by atoms with Gasteiger partial charge in [0.05, 0.1) is 12.8 Å². The number of benzene rings is 1. The van der Waals surface area contributed by atoms with Gasteiger partial charge in [-0.05, 0) is 48.6 Å². The summed E-state index contributed by atoms with van der Waals surface area (Å²) in [6, 6.07) is 10.8. The number of aryl methyl sites for hydroxylation is 1. The Balaban J connectivity index is 1.51. The van der Waals surface area contributed by atoms with Crippen LogP contribution in [0.5, 0.6) is 0 Å². The van der Waals surface area contributed by atoms with E-state index in [4.69, 9.17) is 10.2 Å². The second-order valence-corrected chi connectivity index (χ2v) is 5.47. The predicted molar refractivity (Wildman–Crippen MR) is 80.3 cm³/mol. The van der Waals surface area contributed by atoms with Crippen LogP contribution < -0.4 is 5.73 Å². The average Bonchev–Trinajstić information content (AvgIpc) is 2.95. The fraction of sp³-hybridized carbons (Fsp3) is 0.412. The molecule has 0 bridgehead atoms.